The van der Waals surface area contributed by atoms with Crippen LogP contribution in [0.4, 0.5) is 0 Å². The molecule has 0 aliphatic carbocycles. The number of benzene rings is 1. The van der Waals surface area contributed by atoms with Gasteiger partial charge in [-0.05, 0) is 40.2 Å². The number of rotatable bonds is 5. The third-order valence-corrected chi connectivity index (χ3v) is 2.84. The summed E-state index contributed by atoms with van der Waals surface area (Å²) < 4.78 is 11.6. The molecule has 0 aliphatic heterocycles. The molecule has 1 aromatic heterocycles. The first-order chi connectivity index (χ1) is 8.29. The predicted octanol–water partition coefficient (Wildman–Crippen LogP) is 3.20. The highest BCUT2D eigenvalue weighted by Crippen LogP contribution is 2.23. The molecule has 0 saturated carbocycles. The molecule has 0 spiro atoms. The molecule has 0 bridgehead atoms. The Morgan fingerprint density at radius 3 is 2.53 bits per heavy atom. The molecule has 4 heteroatoms. The zero-order valence-corrected chi connectivity index (χ0v) is 10.8. The van der Waals surface area contributed by atoms with E-state index in [0.717, 1.165) is 11.5 Å². The fourth-order valence-corrected chi connectivity index (χ4v) is 1.81. The maximum Gasteiger partial charge on any atom is 0.169 e. The van der Waals surface area contributed by atoms with E-state index < -0.39 is 0 Å². The SMILES string of the molecule is OCC(COc1ccccc1)c1ccc(Br)o1. The molecular formula is C13H13BrO3. The van der Waals surface area contributed by atoms with Gasteiger partial charge in [-0.15, -0.1) is 0 Å². The van der Waals surface area contributed by atoms with Gasteiger partial charge in [-0.2, -0.15) is 0 Å². The topological polar surface area (TPSA) is 42.6 Å². The third-order valence-electron chi connectivity index (χ3n) is 2.41. The molecule has 1 heterocycles. The fraction of sp³-hybridized carbons (Fsp3) is 0.231. The molecule has 1 N–H and O–H groups in total. The summed E-state index contributed by atoms with van der Waals surface area (Å²) in [7, 11) is 0. The first kappa shape index (κ1) is 12.2. The molecule has 1 unspecified atom stereocenters. The van der Waals surface area contributed by atoms with Crippen LogP contribution in [0.3, 0.4) is 0 Å². The van der Waals surface area contributed by atoms with E-state index in [-0.39, 0.29) is 12.5 Å². The standard InChI is InChI=1S/C13H13BrO3/c14-13-7-6-12(17-13)10(8-15)9-16-11-4-2-1-3-5-11/h1-7,10,15H,8-9H2. The van der Waals surface area contributed by atoms with Crippen LogP contribution in [0.5, 0.6) is 5.75 Å². The van der Waals surface area contributed by atoms with Gasteiger partial charge in [0, 0.05) is 0 Å². The van der Waals surface area contributed by atoms with Gasteiger partial charge in [0.15, 0.2) is 4.67 Å². The first-order valence-corrected chi connectivity index (χ1v) is 6.13. The maximum atomic E-state index is 9.31. The van der Waals surface area contributed by atoms with E-state index in [9.17, 15) is 5.11 Å². The van der Waals surface area contributed by atoms with Crippen molar-refractivity contribution in [2.75, 3.05) is 13.2 Å². The summed E-state index contributed by atoms with van der Waals surface area (Å²) in [6.07, 6.45) is 0. The molecule has 0 aliphatic rings. The van der Waals surface area contributed by atoms with Crippen molar-refractivity contribution in [3.63, 3.8) is 0 Å². The number of hydrogen-bond donors (Lipinski definition) is 1. The Morgan fingerprint density at radius 1 is 1.18 bits per heavy atom. The van der Waals surface area contributed by atoms with E-state index in [1.165, 1.54) is 0 Å². The van der Waals surface area contributed by atoms with Crippen LogP contribution in [0.2, 0.25) is 0 Å². The van der Waals surface area contributed by atoms with Crippen LogP contribution in [0.15, 0.2) is 51.6 Å². The zero-order valence-electron chi connectivity index (χ0n) is 9.17. The van der Waals surface area contributed by atoms with Gasteiger partial charge in [0.1, 0.15) is 18.1 Å². The molecule has 2 rings (SSSR count). The van der Waals surface area contributed by atoms with Crippen LogP contribution < -0.4 is 4.74 Å². The van der Waals surface area contributed by atoms with Gasteiger partial charge in [0.25, 0.3) is 0 Å². The lowest BCUT2D eigenvalue weighted by molar-refractivity contribution is 0.189. The number of aliphatic hydroxyl groups excluding tert-OH is 1. The second kappa shape index (κ2) is 5.89. The Balaban J connectivity index is 1.97. The minimum Gasteiger partial charge on any atom is -0.493 e. The van der Waals surface area contributed by atoms with Crippen molar-refractivity contribution in [2.45, 2.75) is 5.92 Å². The van der Waals surface area contributed by atoms with Gasteiger partial charge in [-0.1, -0.05) is 18.2 Å². The smallest absolute Gasteiger partial charge is 0.169 e. The molecule has 1 atom stereocenters. The molecule has 17 heavy (non-hydrogen) atoms. The minimum atomic E-state index is -0.151. The Labute approximate surface area is 108 Å². The minimum absolute atomic E-state index is 0.00716. The lowest BCUT2D eigenvalue weighted by Gasteiger charge is -2.12. The van der Waals surface area contributed by atoms with Gasteiger partial charge in [0.05, 0.1) is 12.5 Å². The molecular weight excluding hydrogens is 284 g/mol. The summed E-state index contributed by atoms with van der Waals surface area (Å²) in [5, 5.41) is 9.31. The number of para-hydroxylation sites is 1. The number of halogens is 1. The summed E-state index contributed by atoms with van der Waals surface area (Å²) in [6.45, 7) is 0.382. The molecule has 0 radical (unpaired) electrons. The van der Waals surface area contributed by atoms with E-state index in [0.29, 0.717) is 11.3 Å². The summed E-state index contributed by atoms with van der Waals surface area (Å²) in [4.78, 5) is 0. The molecule has 0 fully saturated rings. The van der Waals surface area contributed by atoms with Crippen molar-refractivity contribution in [3.8, 4) is 5.75 Å². The Kier molecular flexibility index (Phi) is 4.23. The van der Waals surface area contributed by atoms with Gasteiger partial charge in [-0.25, -0.2) is 0 Å². The van der Waals surface area contributed by atoms with Gasteiger partial charge < -0.3 is 14.3 Å². The van der Waals surface area contributed by atoms with E-state index >= 15 is 0 Å². The normalized spacial score (nSPS) is 12.4. The molecule has 1 aromatic carbocycles. The Bertz CT molecular complexity index is 453. The van der Waals surface area contributed by atoms with Crippen molar-refractivity contribution in [2.24, 2.45) is 0 Å². The molecule has 90 valence electrons. The Morgan fingerprint density at radius 2 is 1.94 bits per heavy atom. The van der Waals surface area contributed by atoms with E-state index in [4.69, 9.17) is 9.15 Å². The maximum absolute atomic E-state index is 9.31. The fourth-order valence-electron chi connectivity index (χ4n) is 1.49. The van der Waals surface area contributed by atoms with Gasteiger partial charge in [0.2, 0.25) is 0 Å². The number of furan rings is 1. The average molecular weight is 297 g/mol. The largest absolute Gasteiger partial charge is 0.493 e. The number of hydrogen-bond acceptors (Lipinski definition) is 3. The van der Waals surface area contributed by atoms with Gasteiger partial charge >= 0.3 is 0 Å². The van der Waals surface area contributed by atoms with Crippen LogP contribution in [0.1, 0.15) is 11.7 Å². The van der Waals surface area contributed by atoms with E-state index in [2.05, 4.69) is 15.9 Å². The average Bonchev–Trinajstić information content (AvgIpc) is 2.78. The molecule has 3 nitrogen and oxygen atoms in total. The second-order valence-electron chi connectivity index (χ2n) is 3.65. The van der Waals surface area contributed by atoms with Crippen molar-refractivity contribution in [3.05, 3.63) is 52.9 Å². The second-order valence-corrected chi connectivity index (χ2v) is 4.43. The van der Waals surface area contributed by atoms with E-state index in [1.807, 2.05) is 36.4 Å². The third kappa shape index (κ3) is 3.35. The van der Waals surface area contributed by atoms with Crippen LogP contribution in [0, 0.1) is 0 Å². The van der Waals surface area contributed by atoms with Crippen LogP contribution in [-0.2, 0) is 0 Å². The molecule has 0 saturated heterocycles. The van der Waals surface area contributed by atoms with E-state index in [1.54, 1.807) is 6.07 Å². The lowest BCUT2D eigenvalue weighted by atomic mass is 10.1. The monoisotopic (exact) mass is 296 g/mol. The van der Waals surface area contributed by atoms with Crippen LogP contribution in [0.25, 0.3) is 0 Å². The van der Waals surface area contributed by atoms with Crippen molar-refractivity contribution in [1.29, 1.82) is 0 Å². The summed E-state index contributed by atoms with van der Waals surface area (Å²) >= 11 is 3.24. The quantitative estimate of drug-likeness (QED) is 0.921. The van der Waals surface area contributed by atoms with Crippen molar-refractivity contribution < 1.29 is 14.3 Å². The van der Waals surface area contributed by atoms with Crippen molar-refractivity contribution in [1.82, 2.24) is 0 Å². The van der Waals surface area contributed by atoms with Crippen molar-refractivity contribution >= 4 is 15.9 Å². The first-order valence-electron chi connectivity index (χ1n) is 5.33. The summed E-state index contributed by atoms with van der Waals surface area (Å²) in [6, 6.07) is 13.2. The predicted molar refractivity (Wildman–Crippen MR) is 68.2 cm³/mol. The number of aliphatic hydroxyl groups is 1. The van der Waals surface area contributed by atoms with Gasteiger partial charge in [-0.3, -0.25) is 0 Å². The molecule has 0 amide bonds. The van der Waals surface area contributed by atoms with Crippen LogP contribution >= 0.6 is 15.9 Å². The zero-order chi connectivity index (χ0) is 12.1. The number of ether oxygens (including phenoxy) is 1. The summed E-state index contributed by atoms with van der Waals surface area (Å²) in [5.41, 5.74) is 0. The highest BCUT2D eigenvalue weighted by molar-refractivity contribution is 9.10. The lowest BCUT2D eigenvalue weighted by Crippen LogP contribution is -2.13. The molecule has 2 aromatic rings. The Hall–Kier alpha value is -1.26. The highest BCUT2D eigenvalue weighted by Gasteiger charge is 2.15. The summed E-state index contributed by atoms with van der Waals surface area (Å²) in [5.74, 6) is 1.35. The van der Waals surface area contributed by atoms with Crippen LogP contribution in [-0.4, -0.2) is 18.3 Å². The highest BCUT2D eigenvalue weighted by atomic mass is 79.9.